The number of carbonyl (C=O) groups is 2. The summed E-state index contributed by atoms with van der Waals surface area (Å²) in [6, 6.07) is 6.73. The van der Waals surface area contributed by atoms with Gasteiger partial charge < -0.3 is 20.7 Å². The molecule has 1 aromatic carbocycles. The van der Waals surface area contributed by atoms with Crippen LogP contribution in [0.3, 0.4) is 0 Å². The molecule has 2 rings (SSSR count). The van der Waals surface area contributed by atoms with Crippen molar-refractivity contribution in [2.24, 2.45) is 5.73 Å². The third-order valence-electron chi connectivity index (χ3n) is 4.19. The smallest absolute Gasteiger partial charge is 0.312 e. The number of amides is 3. The van der Waals surface area contributed by atoms with Crippen LogP contribution in [0.25, 0.3) is 0 Å². The second-order valence-electron chi connectivity index (χ2n) is 6.13. The zero-order chi connectivity index (χ0) is 17.4. The number of hydrogen-bond donors (Lipinski definition) is 2. The Balaban J connectivity index is 1.89. The van der Waals surface area contributed by atoms with Gasteiger partial charge in [-0.1, -0.05) is 19.1 Å². The summed E-state index contributed by atoms with van der Waals surface area (Å²) < 4.78 is 5.83. The maximum absolute atomic E-state index is 12.6. The number of hydrogen-bond acceptors (Lipinski definition) is 3. The number of nitrogens with two attached hydrogens (primary N) is 1. The van der Waals surface area contributed by atoms with Gasteiger partial charge in [-0.15, -0.1) is 0 Å². The summed E-state index contributed by atoms with van der Waals surface area (Å²) in [4.78, 5) is 25.3. The molecule has 0 saturated carbocycles. The average Bonchev–Trinajstić information content (AvgIpc) is 2.83. The van der Waals surface area contributed by atoms with E-state index >= 15 is 0 Å². The Kier molecular flexibility index (Phi) is 7.06. The third-order valence-corrected chi connectivity index (χ3v) is 4.19. The minimum Gasteiger partial charge on any atom is -0.378 e. The Morgan fingerprint density at radius 3 is 2.67 bits per heavy atom. The summed E-state index contributed by atoms with van der Waals surface area (Å²) in [5.41, 5.74) is 6.63. The van der Waals surface area contributed by atoms with Crippen molar-refractivity contribution in [3.63, 3.8) is 0 Å². The van der Waals surface area contributed by atoms with Crippen LogP contribution in [0.15, 0.2) is 24.3 Å². The van der Waals surface area contributed by atoms with Crippen molar-refractivity contribution in [1.29, 1.82) is 0 Å². The lowest BCUT2D eigenvalue weighted by molar-refractivity contribution is 0.0432. The van der Waals surface area contributed by atoms with E-state index in [2.05, 4.69) is 12.2 Å². The number of nitrogens with one attached hydrogen (secondary N) is 1. The molecule has 3 amide bonds. The van der Waals surface area contributed by atoms with E-state index in [-0.39, 0.29) is 12.0 Å². The molecule has 3 N–H and O–H groups in total. The van der Waals surface area contributed by atoms with Crippen molar-refractivity contribution in [2.45, 2.75) is 45.3 Å². The van der Waals surface area contributed by atoms with E-state index < -0.39 is 6.03 Å². The van der Waals surface area contributed by atoms with Gasteiger partial charge in [0.2, 0.25) is 0 Å². The number of benzene rings is 1. The maximum atomic E-state index is 12.6. The second-order valence-corrected chi connectivity index (χ2v) is 6.13. The lowest BCUT2D eigenvalue weighted by atomic mass is 10.1. The average molecular weight is 333 g/mol. The predicted octanol–water partition coefficient (Wildman–Crippen LogP) is 2.28. The summed E-state index contributed by atoms with van der Waals surface area (Å²) in [5, 5.41) is 2.53. The Morgan fingerprint density at radius 1 is 1.25 bits per heavy atom. The van der Waals surface area contributed by atoms with Gasteiger partial charge >= 0.3 is 6.03 Å². The molecule has 1 aromatic rings. The second kappa shape index (κ2) is 9.27. The van der Waals surface area contributed by atoms with E-state index in [4.69, 9.17) is 10.5 Å². The van der Waals surface area contributed by atoms with Gasteiger partial charge in [-0.2, -0.15) is 0 Å². The molecule has 1 aliphatic rings. The van der Waals surface area contributed by atoms with E-state index in [1.54, 1.807) is 12.1 Å². The predicted molar refractivity (Wildman–Crippen MR) is 92.7 cm³/mol. The highest BCUT2D eigenvalue weighted by atomic mass is 16.5. The zero-order valence-electron chi connectivity index (χ0n) is 14.3. The molecular weight excluding hydrogens is 306 g/mol. The zero-order valence-corrected chi connectivity index (χ0v) is 14.3. The first kappa shape index (κ1) is 18.3. The van der Waals surface area contributed by atoms with Crippen LogP contribution in [0, 0.1) is 0 Å². The topological polar surface area (TPSA) is 84.7 Å². The van der Waals surface area contributed by atoms with E-state index in [1.165, 1.54) is 0 Å². The van der Waals surface area contributed by atoms with Crippen LogP contribution in [0.1, 0.15) is 48.5 Å². The Morgan fingerprint density at radius 2 is 2.00 bits per heavy atom. The largest absolute Gasteiger partial charge is 0.378 e. The lowest BCUT2D eigenvalue weighted by Crippen LogP contribution is -2.32. The van der Waals surface area contributed by atoms with Gasteiger partial charge in [0.05, 0.1) is 6.10 Å². The van der Waals surface area contributed by atoms with Crippen LogP contribution >= 0.6 is 0 Å². The van der Waals surface area contributed by atoms with Crippen molar-refractivity contribution in [2.75, 3.05) is 19.7 Å². The molecule has 1 heterocycles. The number of urea groups is 1. The summed E-state index contributed by atoms with van der Waals surface area (Å²) >= 11 is 0. The molecule has 1 fully saturated rings. The monoisotopic (exact) mass is 333 g/mol. The molecule has 6 nitrogen and oxygen atoms in total. The van der Waals surface area contributed by atoms with Crippen molar-refractivity contribution < 1.29 is 14.3 Å². The standard InChI is InChI=1S/C18H27N3O3/c1-2-12-24-16-4-3-10-21(11-9-16)17(22)15-7-5-14(6-8-15)13-20-18(19)23/h5-8,16H,2-4,9-13H2,1H3,(H3,19,20,23). The summed E-state index contributed by atoms with van der Waals surface area (Å²) in [6.45, 7) is 4.77. The Labute approximate surface area is 143 Å². The molecule has 1 aliphatic heterocycles. The summed E-state index contributed by atoms with van der Waals surface area (Å²) in [7, 11) is 0. The van der Waals surface area contributed by atoms with Gasteiger partial charge in [0.15, 0.2) is 0 Å². The lowest BCUT2D eigenvalue weighted by Gasteiger charge is -2.21. The van der Waals surface area contributed by atoms with E-state index in [1.807, 2.05) is 17.0 Å². The van der Waals surface area contributed by atoms with E-state index in [9.17, 15) is 9.59 Å². The highest BCUT2D eigenvalue weighted by molar-refractivity contribution is 5.94. The number of primary amides is 1. The number of likely N-dealkylation sites (tertiary alicyclic amines) is 1. The SMILES string of the molecule is CCCOC1CCCN(C(=O)c2ccc(CNC(N)=O)cc2)CC1. The van der Waals surface area contributed by atoms with Crippen molar-refractivity contribution >= 4 is 11.9 Å². The highest BCUT2D eigenvalue weighted by Gasteiger charge is 2.21. The van der Waals surface area contributed by atoms with Crippen molar-refractivity contribution in [3.05, 3.63) is 35.4 Å². The van der Waals surface area contributed by atoms with Crippen LogP contribution in [0.4, 0.5) is 4.79 Å². The summed E-state index contributed by atoms with van der Waals surface area (Å²) in [5.74, 6) is 0.0561. The fraction of sp³-hybridized carbons (Fsp3) is 0.556. The minimum atomic E-state index is -0.556. The number of rotatable bonds is 6. The van der Waals surface area contributed by atoms with Gasteiger partial charge in [-0.3, -0.25) is 4.79 Å². The number of nitrogens with zero attached hydrogens (tertiary/aromatic N) is 1. The normalized spacial score (nSPS) is 18.0. The molecule has 0 radical (unpaired) electrons. The van der Waals surface area contributed by atoms with Crippen LogP contribution in [0.5, 0.6) is 0 Å². The molecule has 0 aliphatic carbocycles. The molecule has 6 heteroatoms. The fourth-order valence-electron chi connectivity index (χ4n) is 2.86. The molecule has 0 aromatic heterocycles. The molecule has 24 heavy (non-hydrogen) atoms. The summed E-state index contributed by atoms with van der Waals surface area (Å²) in [6.07, 6.45) is 4.18. The number of carbonyl (C=O) groups excluding carboxylic acids is 2. The van der Waals surface area contributed by atoms with Gasteiger partial charge in [0.25, 0.3) is 5.91 Å². The maximum Gasteiger partial charge on any atom is 0.312 e. The van der Waals surface area contributed by atoms with Crippen LogP contribution in [-0.2, 0) is 11.3 Å². The minimum absolute atomic E-state index is 0.0561. The molecule has 1 saturated heterocycles. The van der Waals surface area contributed by atoms with Gasteiger partial charge in [0, 0.05) is 31.8 Å². The van der Waals surface area contributed by atoms with E-state index in [0.29, 0.717) is 12.1 Å². The molecule has 0 spiro atoms. The molecule has 1 atom stereocenters. The first-order chi connectivity index (χ1) is 11.6. The first-order valence-electron chi connectivity index (χ1n) is 8.63. The van der Waals surface area contributed by atoms with Crippen molar-refractivity contribution in [1.82, 2.24) is 10.2 Å². The molecule has 1 unspecified atom stereocenters. The third kappa shape index (κ3) is 5.53. The fourth-order valence-corrected chi connectivity index (χ4v) is 2.86. The van der Waals surface area contributed by atoms with Gasteiger partial charge in [-0.05, 0) is 43.4 Å². The van der Waals surface area contributed by atoms with Gasteiger partial charge in [0.1, 0.15) is 0 Å². The van der Waals surface area contributed by atoms with E-state index in [0.717, 1.165) is 50.9 Å². The number of ether oxygens (including phenoxy) is 1. The van der Waals surface area contributed by atoms with Crippen LogP contribution in [0.2, 0.25) is 0 Å². The van der Waals surface area contributed by atoms with Crippen LogP contribution < -0.4 is 11.1 Å². The Bertz CT molecular complexity index is 545. The molecular formula is C18H27N3O3. The quantitative estimate of drug-likeness (QED) is 0.837. The Hall–Kier alpha value is -2.08. The first-order valence-corrected chi connectivity index (χ1v) is 8.63. The molecule has 0 bridgehead atoms. The molecule has 132 valence electrons. The van der Waals surface area contributed by atoms with Gasteiger partial charge in [-0.25, -0.2) is 4.79 Å². The van der Waals surface area contributed by atoms with Crippen LogP contribution in [-0.4, -0.2) is 42.6 Å². The van der Waals surface area contributed by atoms with Crippen molar-refractivity contribution in [3.8, 4) is 0 Å². The highest BCUT2D eigenvalue weighted by Crippen LogP contribution is 2.17.